The summed E-state index contributed by atoms with van der Waals surface area (Å²) in [6, 6.07) is 24.9. The molecule has 0 aliphatic carbocycles. The van der Waals surface area contributed by atoms with Crippen LogP contribution in [0.3, 0.4) is 0 Å². The normalized spacial score (nSPS) is 20.0. The van der Waals surface area contributed by atoms with Gasteiger partial charge in [-0.15, -0.1) is 0 Å². The highest BCUT2D eigenvalue weighted by atomic mass is 16.7. The first-order valence-electron chi connectivity index (χ1n) is 15.6. The standard InChI is InChI=1S/C36H33N5O7/c1-21(42)45-18-30-33(46-22(2)43)34(47-23(3)44)36(48-30)41-20-39-32-31(37-19-38-35(32)41)29-15-26-17-40(27-12-8-5-9-13-27)16-25(26)14-28(29)24-10-6-4-7-11-24/h4-15,19-20,30,33-34,36H,16-18H2,1-3H3/t30-,33-,34-,36-/m1/s1. The van der Waals surface area contributed by atoms with Crippen molar-refractivity contribution in [1.29, 1.82) is 0 Å². The van der Waals surface area contributed by atoms with Crippen molar-refractivity contribution >= 4 is 34.8 Å². The molecule has 1 saturated heterocycles. The van der Waals surface area contributed by atoms with E-state index >= 15 is 0 Å². The van der Waals surface area contributed by atoms with Crippen molar-refractivity contribution in [3.63, 3.8) is 0 Å². The van der Waals surface area contributed by atoms with E-state index in [1.165, 1.54) is 44.6 Å². The predicted molar refractivity (Wildman–Crippen MR) is 174 cm³/mol. The van der Waals surface area contributed by atoms with Gasteiger partial charge < -0.3 is 23.8 Å². The molecular weight excluding hydrogens is 614 g/mol. The second-order valence-corrected chi connectivity index (χ2v) is 11.8. The highest BCUT2D eigenvalue weighted by Crippen LogP contribution is 2.41. The summed E-state index contributed by atoms with van der Waals surface area (Å²) in [6.07, 6.45) is -1.05. The smallest absolute Gasteiger partial charge is 0.303 e. The lowest BCUT2D eigenvalue weighted by Crippen LogP contribution is -2.40. The van der Waals surface area contributed by atoms with Crippen LogP contribution in [0.15, 0.2) is 85.5 Å². The van der Waals surface area contributed by atoms with Crippen molar-refractivity contribution in [3.8, 4) is 22.4 Å². The second kappa shape index (κ2) is 12.9. The minimum atomic E-state index is -1.08. The van der Waals surface area contributed by atoms with Gasteiger partial charge in [-0.05, 0) is 46.5 Å². The topological polar surface area (TPSA) is 135 Å². The molecule has 5 aromatic rings. The average Bonchev–Trinajstić information content (AvgIpc) is 3.79. The summed E-state index contributed by atoms with van der Waals surface area (Å²) in [7, 11) is 0. The molecule has 0 unspecified atom stereocenters. The SMILES string of the molecule is CC(=O)OC[C@H]1O[C@@H](n2cnc3c(-c4cc5c(cc4-c4ccccc4)CN(c4ccccc4)C5)ncnc32)[C@H](OC(C)=O)[C@@H]1OC(C)=O. The van der Waals surface area contributed by atoms with Gasteiger partial charge >= 0.3 is 17.9 Å². The van der Waals surface area contributed by atoms with Crippen LogP contribution < -0.4 is 4.90 Å². The quantitative estimate of drug-likeness (QED) is 0.166. The third-order valence-electron chi connectivity index (χ3n) is 8.50. The Morgan fingerprint density at radius 1 is 0.792 bits per heavy atom. The number of para-hydroxylation sites is 1. The first kappa shape index (κ1) is 31.0. The van der Waals surface area contributed by atoms with Crippen LogP contribution >= 0.6 is 0 Å². The zero-order chi connectivity index (χ0) is 33.4. The Balaban J connectivity index is 1.32. The number of ether oxygens (including phenoxy) is 4. The van der Waals surface area contributed by atoms with Gasteiger partial charge in [-0.1, -0.05) is 48.5 Å². The average molecular weight is 648 g/mol. The lowest BCUT2D eigenvalue weighted by molar-refractivity contribution is -0.166. The number of nitrogens with zero attached hydrogens (tertiary/aromatic N) is 5. The van der Waals surface area contributed by atoms with E-state index < -0.39 is 42.4 Å². The molecular formula is C36H33N5O7. The number of hydrogen-bond acceptors (Lipinski definition) is 11. The van der Waals surface area contributed by atoms with Crippen LogP contribution in [-0.4, -0.2) is 62.3 Å². The molecule has 2 aliphatic heterocycles. The van der Waals surface area contributed by atoms with Crippen molar-refractivity contribution in [2.24, 2.45) is 0 Å². The van der Waals surface area contributed by atoms with Crippen LogP contribution in [-0.2, 0) is 46.4 Å². The molecule has 12 nitrogen and oxygen atoms in total. The van der Waals surface area contributed by atoms with E-state index in [1.807, 2.05) is 36.4 Å². The molecule has 0 N–H and O–H groups in total. The van der Waals surface area contributed by atoms with Gasteiger partial charge in [0, 0.05) is 45.1 Å². The van der Waals surface area contributed by atoms with E-state index in [9.17, 15) is 14.4 Å². The Morgan fingerprint density at radius 2 is 1.44 bits per heavy atom. The Morgan fingerprint density at radius 3 is 2.10 bits per heavy atom. The Kier molecular flexibility index (Phi) is 8.32. The lowest BCUT2D eigenvalue weighted by Gasteiger charge is -2.23. The molecule has 48 heavy (non-hydrogen) atoms. The third-order valence-corrected chi connectivity index (χ3v) is 8.50. The number of benzene rings is 3. The number of rotatable bonds is 8. The number of hydrogen-bond donors (Lipinski definition) is 0. The minimum Gasteiger partial charge on any atom is -0.463 e. The number of esters is 3. The van der Waals surface area contributed by atoms with E-state index in [1.54, 1.807) is 4.57 Å². The predicted octanol–water partition coefficient (Wildman–Crippen LogP) is 5.00. The molecule has 1 fully saturated rings. The molecule has 12 heteroatoms. The van der Waals surface area contributed by atoms with Crippen molar-refractivity contribution in [2.45, 2.75) is 58.4 Å². The van der Waals surface area contributed by atoms with Gasteiger partial charge in [0.2, 0.25) is 0 Å². The highest BCUT2D eigenvalue weighted by Gasteiger charge is 2.51. The third kappa shape index (κ3) is 5.97. The van der Waals surface area contributed by atoms with E-state index in [0.29, 0.717) is 16.9 Å². The first-order valence-corrected chi connectivity index (χ1v) is 15.6. The first-order chi connectivity index (χ1) is 23.3. The van der Waals surface area contributed by atoms with Gasteiger partial charge in [0.05, 0.1) is 6.33 Å². The fourth-order valence-electron chi connectivity index (χ4n) is 6.48. The number of carbonyl (C=O) groups excluding carboxylic acids is 3. The van der Waals surface area contributed by atoms with Crippen molar-refractivity contribution in [1.82, 2.24) is 19.5 Å². The van der Waals surface area contributed by atoms with Crippen molar-refractivity contribution in [3.05, 3.63) is 96.6 Å². The summed E-state index contributed by atoms with van der Waals surface area (Å²) in [5.41, 5.74) is 8.04. The molecule has 0 bridgehead atoms. The van der Waals surface area contributed by atoms with Gasteiger partial charge in [0.1, 0.15) is 30.2 Å². The fraction of sp³-hybridized carbons (Fsp3) is 0.278. The summed E-state index contributed by atoms with van der Waals surface area (Å²) in [5.74, 6) is -1.74. The van der Waals surface area contributed by atoms with Crippen LogP contribution in [0.5, 0.6) is 0 Å². The van der Waals surface area contributed by atoms with E-state index in [2.05, 4.69) is 46.3 Å². The van der Waals surface area contributed by atoms with Gasteiger partial charge in [0.15, 0.2) is 24.1 Å². The van der Waals surface area contributed by atoms with Gasteiger partial charge in [-0.2, -0.15) is 0 Å². The summed E-state index contributed by atoms with van der Waals surface area (Å²) in [4.78, 5) is 52.3. The molecule has 0 radical (unpaired) electrons. The number of anilines is 1. The summed E-state index contributed by atoms with van der Waals surface area (Å²) in [6.45, 7) is 5.07. The molecule has 4 atom stereocenters. The number of aromatic nitrogens is 4. The van der Waals surface area contributed by atoms with Crippen molar-refractivity contribution < 1.29 is 33.3 Å². The summed E-state index contributed by atoms with van der Waals surface area (Å²) < 4.78 is 24.3. The number of carbonyl (C=O) groups is 3. The maximum atomic E-state index is 12.2. The molecule has 0 spiro atoms. The molecule has 0 amide bonds. The monoisotopic (exact) mass is 647 g/mol. The maximum absolute atomic E-state index is 12.2. The van der Waals surface area contributed by atoms with E-state index in [-0.39, 0.29) is 6.61 Å². The van der Waals surface area contributed by atoms with Crippen LogP contribution in [0, 0.1) is 0 Å². The highest BCUT2D eigenvalue weighted by molar-refractivity contribution is 5.94. The molecule has 2 aliphatic rings. The zero-order valence-electron chi connectivity index (χ0n) is 26.6. The van der Waals surface area contributed by atoms with Crippen molar-refractivity contribution in [2.75, 3.05) is 11.5 Å². The van der Waals surface area contributed by atoms with Gasteiger partial charge in [0.25, 0.3) is 0 Å². The van der Waals surface area contributed by atoms with Crippen LogP contribution in [0.1, 0.15) is 38.1 Å². The van der Waals surface area contributed by atoms with Crippen LogP contribution in [0.25, 0.3) is 33.5 Å². The summed E-state index contributed by atoms with van der Waals surface area (Å²) >= 11 is 0. The molecule has 244 valence electrons. The van der Waals surface area contributed by atoms with E-state index in [4.69, 9.17) is 28.9 Å². The zero-order valence-corrected chi connectivity index (χ0v) is 26.6. The molecule has 3 aromatic carbocycles. The van der Waals surface area contributed by atoms with Gasteiger partial charge in [-0.3, -0.25) is 19.0 Å². The van der Waals surface area contributed by atoms with E-state index in [0.717, 1.165) is 35.5 Å². The Labute approximate surface area is 276 Å². The Hall–Kier alpha value is -5.62. The van der Waals surface area contributed by atoms with Crippen LogP contribution in [0.4, 0.5) is 5.69 Å². The minimum absolute atomic E-state index is 0.218. The largest absolute Gasteiger partial charge is 0.463 e. The van der Waals surface area contributed by atoms with Crippen LogP contribution in [0.2, 0.25) is 0 Å². The molecule has 0 saturated carbocycles. The number of fused-ring (bicyclic) bond motifs is 2. The molecule has 7 rings (SSSR count). The molecule has 2 aromatic heterocycles. The summed E-state index contributed by atoms with van der Waals surface area (Å²) in [5, 5.41) is 0. The lowest BCUT2D eigenvalue weighted by atomic mass is 9.92. The van der Waals surface area contributed by atoms with Gasteiger partial charge in [-0.25, -0.2) is 15.0 Å². The fourth-order valence-corrected chi connectivity index (χ4v) is 6.48. The second-order valence-electron chi connectivity index (χ2n) is 11.8. The maximum Gasteiger partial charge on any atom is 0.303 e. The number of imidazole rings is 1. The Bertz CT molecular complexity index is 2000. The molecule has 4 heterocycles.